The molecule has 1 aliphatic carbocycles. The lowest BCUT2D eigenvalue weighted by Gasteiger charge is -2.32. The van der Waals surface area contributed by atoms with Gasteiger partial charge in [0.25, 0.3) is 0 Å². The number of aromatic nitrogens is 2. The first-order valence-corrected chi connectivity index (χ1v) is 11.5. The third-order valence-electron chi connectivity index (χ3n) is 6.71. The smallest absolute Gasteiger partial charge is 0.318 e. The molecule has 1 saturated heterocycles. The molecule has 1 unspecified atom stereocenters. The van der Waals surface area contributed by atoms with Gasteiger partial charge in [-0.25, -0.2) is 0 Å². The Morgan fingerprint density at radius 3 is 2.87 bits per heavy atom. The van der Waals surface area contributed by atoms with Crippen LogP contribution in [0.25, 0.3) is 0 Å². The minimum atomic E-state index is -0.460. The first kappa shape index (κ1) is 19.3. The fraction of sp³-hybridized carbons (Fsp3) is 0.545. The molecule has 1 atom stereocenters. The van der Waals surface area contributed by atoms with Gasteiger partial charge in [-0.1, -0.05) is 11.2 Å². The molecule has 0 bridgehead atoms. The molecule has 2 aromatic rings. The molecule has 156 valence electrons. The van der Waals surface area contributed by atoms with E-state index in [4.69, 9.17) is 10.2 Å². The number of aryl methyl sites for hydroxylation is 1. The second-order valence-corrected chi connectivity index (χ2v) is 9.74. The molecule has 0 saturated carbocycles. The Morgan fingerprint density at radius 1 is 1.30 bits per heavy atom. The standard InChI is InChI=1S/C22H26N6OS/c1-22(9-4-6-17-18(22)15(13-23)19(24)30-17)20-26-27-21(29-20)28-11-7-14(8-12-28)16-5-2-3-10-25-16/h5,10,14H,2-4,6-9,11-12,24H2,1H3. The molecule has 0 aromatic carbocycles. The second-order valence-electron chi connectivity index (χ2n) is 8.61. The Kier molecular flexibility index (Phi) is 4.86. The molecule has 3 aliphatic rings. The summed E-state index contributed by atoms with van der Waals surface area (Å²) in [6.45, 7) is 3.88. The van der Waals surface area contributed by atoms with Gasteiger partial charge in [0.05, 0.1) is 11.0 Å². The predicted octanol–water partition coefficient (Wildman–Crippen LogP) is 4.19. The minimum absolute atomic E-state index is 0.460. The molecule has 8 heteroatoms. The number of hydrogen-bond acceptors (Lipinski definition) is 8. The number of hydrogen-bond donors (Lipinski definition) is 1. The summed E-state index contributed by atoms with van der Waals surface area (Å²) in [7, 11) is 0. The molecule has 0 spiro atoms. The number of piperidine rings is 1. The Balaban J connectivity index is 1.37. The summed E-state index contributed by atoms with van der Waals surface area (Å²) in [6, 6.07) is 2.89. The van der Waals surface area contributed by atoms with E-state index in [-0.39, 0.29) is 0 Å². The fourth-order valence-corrected chi connectivity index (χ4v) is 6.23. The van der Waals surface area contributed by atoms with E-state index in [1.165, 1.54) is 21.9 Å². The average Bonchev–Trinajstić information content (AvgIpc) is 3.40. The van der Waals surface area contributed by atoms with Crippen molar-refractivity contribution in [2.24, 2.45) is 10.9 Å². The number of fused-ring (bicyclic) bond motifs is 1. The van der Waals surface area contributed by atoms with Crippen LogP contribution < -0.4 is 10.6 Å². The third kappa shape index (κ3) is 3.12. The summed E-state index contributed by atoms with van der Waals surface area (Å²) in [6.07, 6.45) is 11.4. The van der Waals surface area contributed by atoms with Gasteiger partial charge in [0, 0.05) is 41.4 Å². The average molecular weight is 423 g/mol. The minimum Gasteiger partial charge on any atom is -0.407 e. The lowest BCUT2D eigenvalue weighted by molar-refractivity contribution is 0.346. The molecule has 0 radical (unpaired) electrons. The van der Waals surface area contributed by atoms with Crippen molar-refractivity contribution >= 4 is 28.6 Å². The van der Waals surface area contributed by atoms with Crippen LogP contribution in [-0.4, -0.2) is 29.5 Å². The van der Waals surface area contributed by atoms with Gasteiger partial charge in [0.2, 0.25) is 5.89 Å². The van der Waals surface area contributed by atoms with Crippen LogP contribution in [0.15, 0.2) is 21.2 Å². The molecule has 0 amide bonds. The Morgan fingerprint density at radius 2 is 2.13 bits per heavy atom. The molecular weight excluding hydrogens is 396 g/mol. The van der Waals surface area contributed by atoms with Gasteiger partial charge < -0.3 is 15.1 Å². The summed E-state index contributed by atoms with van der Waals surface area (Å²) >= 11 is 1.53. The van der Waals surface area contributed by atoms with Crippen molar-refractivity contribution in [2.45, 2.75) is 57.3 Å². The van der Waals surface area contributed by atoms with E-state index in [2.05, 4.69) is 39.2 Å². The summed E-state index contributed by atoms with van der Waals surface area (Å²) in [5.41, 5.74) is 8.50. The van der Waals surface area contributed by atoms with Crippen LogP contribution in [0.2, 0.25) is 0 Å². The summed E-state index contributed by atoms with van der Waals surface area (Å²) in [5.74, 6) is 1.11. The lowest BCUT2D eigenvalue weighted by Crippen LogP contribution is -2.34. The van der Waals surface area contributed by atoms with E-state index in [1.54, 1.807) is 0 Å². The number of thiophene rings is 1. The van der Waals surface area contributed by atoms with Crippen LogP contribution >= 0.6 is 11.3 Å². The highest BCUT2D eigenvalue weighted by molar-refractivity contribution is 7.16. The Bertz CT molecular complexity index is 1050. The van der Waals surface area contributed by atoms with Gasteiger partial charge in [-0.3, -0.25) is 4.99 Å². The van der Waals surface area contributed by atoms with E-state index < -0.39 is 5.41 Å². The van der Waals surface area contributed by atoms with E-state index in [9.17, 15) is 5.26 Å². The van der Waals surface area contributed by atoms with Crippen LogP contribution in [0.1, 0.15) is 67.3 Å². The molecule has 2 N–H and O–H groups in total. The largest absolute Gasteiger partial charge is 0.407 e. The van der Waals surface area contributed by atoms with Crippen molar-refractivity contribution in [3.05, 3.63) is 33.7 Å². The van der Waals surface area contributed by atoms with Crippen molar-refractivity contribution in [3.8, 4) is 6.07 Å². The number of nitrogen functional groups attached to an aromatic ring is 1. The zero-order chi connectivity index (χ0) is 20.7. The lowest BCUT2D eigenvalue weighted by atomic mass is 9.72. The zero-order valence-corrected chi connectivity index (χ0v) is 18.0. The van der Waals surface area contributed by atoms with Crippen molar-refractivity contribution in [1.82, 2.24) is 10.2 Å². The molecule has 7 nitrogen and oxygen atoms in total. The summed E-state index contributed by atoms with van der Waals surface area (Å²) in [5, 5.41) is 19.1. The van der Waals surface area contributed by atoms with E-state index in [0.717, 1.165) is 63.6 Å². The molecule has 30 heavy (non-hydrogen) atoms. The highest BCUT2D eigenvalue weighted by atomic mass is 32.1. The number of nitrogens with two attached hydrogens (primary N) is 1. The summed E-state index contributed by atoms with van der Waals surface area (Å²) < 4.78 is 6.23. The van der Waals surface area contributed by atoms with Gasteiger partial charge in [0.15, 0.2) is 0 Å². The van der Waals surface area contributed by atoms with Crippen molar-refractivity contribution in [1.29, 1.82) is 5.26 Å². The maximum absolute atomic E-state index is 9.67. The van der Waals surface area contributed by atoms with E-state index in [1.807, 2.05) is 6.21 Å². The molecule has 5 rings (SSSR count). The third-order valence-corrected chi connectivity index (χ3v) is 7.79. The van der Waals surface area contributed by atoms with Crippen LogP contribution in [0.3, 0.4) is 0 Å². The zero-order valence-electron chi connectivity index (χ0n) is 17.2. The van der Waals surface area contributed by atoms with Crippen LogP contribution in [0.4, 0.5) is 11.0 Å². The van der Waals surface area contributed by atoms with E-state index in [0.29, 0.717) is 28.4 Å². The molecule has 4 heterocycles. The number of aliphatic imine (C=N–C) groups is 1. The first-order valence-electron chi connectivity index (χ1n) is 10.7. The monoisotopic (exact) mass is 422 g/mol. The number of anilines is 2. The summed E-state index contributed by atoms with van der Waals surface area (Å²) in [4.78, 5) is 7.96. The normalized spacial score (nSPS) is 24.4. The highest BCUT2D eigenvalue weighted by Gasteiger charge is 2.43. The molecular formula is C22H26N6OS. The van der Waals surface area contributed by atoms with Gasteiger partial charge >= 0.3 is 6.01 Å². The quantitative estimate of drug-likeness (QED) is 0.795. The van der Waals surface area contributed by atoms with Gasteiger partial charge in [-0.15, -0.1) is 16.4 Å². The first-order chi connectivity index (χ1) is 14.6. The number of nitrogens with zero attached hydrogens (tertiary/aromatic N) is 5. The van der Waals surface area contributed by atoms with Crippen molar-refractivity contribution in [2.75, 3.05) is 23.7 Å². The topological polar surface area (TPSA) is 104 Å². The number of nitriles is 1. The van der Waals surface area contributed by atoms with Gasteiger partial charge in [-0.05, 0) is 51.9 Å². The second kappa shape index (κ2) is 7.55. The molecule has 1 fully saturated rings. The maximum atomic E-state index is 9.67. The maximum Gasteiger partial charge on any atom is 0.318 e. The molecule has 2 aromatic heterocycles. The van der Waals surface area contributed by atoms with Crippen molar-refractivity contribution in [3.63, 3.8) is 0 Å². The Hall–Kier alpha value is -2.66. The van der Waals surface area contributed by atoms with Crippen LogP contribution in [-0.2, 0) is 11.8 Å². The number of allylic oxidation sites excluding steroid dienone is 2. The highest BCUT2D eigenvalue weighted by Crippen LogP contribution is 2.48. The number of rotatable bonds is 3. The van der Waals surface area contributed by atoms with Gasteiger partial charge in [-0.2, -0.15) is 5.26 Å². The predicted molar refractivity (Wildman–Crippen MR) is 118 cm³/mol. The van der Waals surface area contributed by atoms with E-state index >= 15 is 0 Å². The van der Waals surface area contributed by atoms with Crippen LogP contribution in [0.5, 0.6) is 0 Å². The molecule has 2 aliphatic heterocycles. The van der Waals surface area contributed by atoms with Crippen molar-refractivity contribution < 1.29 is 4.42 Å². The fourth-order valence-electron chi connectivity index (χ4n) is 5.04. The SMILES string of the molecule is CC1(c2nnc(N3CCC(C4=CCCC=N4)CC3)o2)CCCc2sc(N)c(C#N)c21. The van der Waals surface area contributed by atoms with Gasteiger partial charge in [0.1, 0.15) is 11.1 Å². The Labute approximate surface area is 180 Å². The van der Waals surface area contributed by atoms with Crippen LogP contribution in [0, 0.1) is 17.2 Å².